The van der Waals surface area contributed by atoms with Crippen LogP contribution < -0.4 is 16.0 Å². The van der Waals surface area contributed by atoms with E-state index in [1.165, 1.54) is 0 Å². The number of hydrogen-bond donors (Lipinski definition) is 3. The van der Waals surface area contributed by atoms with Crippen LogP contribution in [0.15, 0.2) is 54.9 Å². The van der Waals surface area contributed by atoms with Crippen molar-refractivity contribution in [2.75, 3.05) is 11.9 Å². The lowest BCUT2D eigenvalue weighted by molar-refractivity contribution is -0.118. The Kier molecular flexibility index (Phi) is 10.1. The minimum atomic E-state index is -0.793. The third kappa shape index (κ3) is 11.0. The normalized spacial score (nSPS) is 11.7. The van der Waals surface area contributed by atoms with Crippen LogP contribution >= 0.6 is 0 Å². The molecule has 0 saturated heterocycles. The van der Waals surface area contributed by atoms with Gasteiger partial charge in [0.15, 0.2) is 0 Å². The quantitative estimate of drug-likeness (QED) is 0.465. The molecule has 1 aromatic carbocycles. The van der Waals surface area contributed by atoms with Crippen molar-refractivity contribution < 1.29 is 23.9 Å². The van der Waals surface area contributed by atoms with E-state index in [0.717, 1.165) is 5.56 Å². The molecule has 2 aromatic rings. The number of amides is 3. The van der Waals surface area contributed by atoms with Crippen molar-refractivity contribution >= 4 is 23.8 Å². The van der Waals surface area contributed by atoms with Gasteiger partial charge in [-0.05, 0) is 57.7 Å². The number of anilines is 1. The summed E-state index contributed by atoms with van der Waals surface area (Å²) in [6, 6.07) is 11.9. The highest BCUT2D eigenvalue weighted by molar-refractivity contribution is 5.96. The van der Waals surface area contributed by atoms with E-state index >= 15 is 0 Å². The summed E-state index contributed by atoms with van der Waals surface area (Å²) < 4.78 is 10.4. The molecule has 0 fully saturated rings. The second kappa shape index (κ2) is 13.0. The molecule has 0 unspecified atom stereocenters. The molecule has 0 spiro atoms. The average Bonchev–Trinajstić information content (AvgIpc) is 2.76. The molecule has 0 aliphatic rings. The van der Waals surface area contributed by atoms with E-state index in [4.69, 9.17) is 9.47 Å². The Balaban J connectivity index is 1.78. The predicted molar refractivity (Wildman–Crippen MR) is 125 cm³/mol. The van der Waals surface area contributed by atoms with Crippen molar-refractivity contribution in [2.45, 2.75) is 58.3 Å². The second-order valence-corrected chi connectivity index (χ2v) is 8.41. The van der Waals surface area contributed by atoms with Crippen LogP contribution in [0, 0.1) is 0 Å². The molecule has 0 aliphatic carbocycles. The first kappa shape index (κ1) is 25.6. The number of unbranched alkanes of at least 4 members (excludes halogenated alkanes) is 1. The number of ether oxygens (including phenoxy) is 2. The van der Waals surface area contributed by atoms with E-state index in [1.54, 1.807) is 45.3 Å². The van der Waals surface area contributed by atoms with Gasteiger partial charge in [0.1, 0.15) is 18.2 Å². The number of nitrogens with zero attached hydrogens (tertiary/aromatic N) is 1. The van der Waals surface area contributed by atoms with Gasteiger partial charge in [-0.3, -0.25) is 9.78 Å². The number of nitrogens with one attached hydrogen (secondary N) is 3. The van der Waals surface area contributed by atoms with Gasteiger partial charge in [-0.15, -0.1) is 0 Å². The maximum absolute atomic E-state index is 12.7. The molecule has 3 N–H and O–H groups in total. The molecule has 9 nitrogen and oxygen atoms in total. The lowest BCUT2D eigenvalue weighted by Crippen LogP contribution is -2.45. The van der Waals surface area contributed by atoms with Crippen LogP contribution in [0.1, 0.15) is 45.6 Å². The number of benzene rings is 1. The fourth-order valence-corrected chi connectivity index (χ4v) is 2.82. The van der Waals surface area contributed by atoms with Gasteiger partial charge in [0.05, 0.1) is 0 Å². The predicted octanol–water partition coefficient (Wildman–Crippen LogP) is 4.01. The smallest absolute Gasteiger partial charge is 0.408 e. The topological polar surface area (TPSA) is 119 Å². The fourth-order valence-electron chi connectivity index (χ4n) is 2.82. The zero-order chi connectivity index (χ0) is 24.1. The van der Waals surface area contributed by atoms with Crippen molar-refractivity contribution in [3.8, 4) is 0 Å². The third-order valence-corrected chi connectivity index (χ3v) is 4.36. The highest BCUT2D eigenvalue weighted by Crippen LogP contribution is 2.11. The molecule has 0 bridgehead atoms. The summed E-state index contributed by atoms with van der Waals surface area (Å²) in [5, 5.41) is 8.08. The van der Waals surface area contributed by atoms with Crippen molar-refractivity contribution in [3.63, 3.8) is 0 Å². The van der Waals surface area contributed by atoms with Gasteiger partial charge in [-0.1, -0.05) is 30.3 Å². The standard InChI is InChI=1S/C24H32N4O5/c1-24(2,3)33-23(31)28-20(21(29)27-19-12-15-25-16-13-19)11-7-8-14-26-22(30)32-17-18-9-5-4-6-10-18/h4-6,9-10,12-13,15-16,20H,7-8,11,14,17H2,1-3H3,(H,26,30)(H,28,31)(H,25,27,29)/t20-/m0/s1. The van der Waals surface area contributed by atoms with E-state index in [1.807, 2.05) is 30.3 Å². The van der Waals surface area contributed by atoms with Crippen molar-refractivity contribution in [2.24, 2.45) is 0 Å². The molecule has 0 radical (unpaired) electrons. The van der Waals surface area contributed by atoms with Crippen molar-refractivity contribution in [1.82, 2.24) is 15.6 Å². The molecule has 0 saturated carbocycles. The first-order valence-electron chi connectivity index (χ1n) is 10.9. The Morgan fingerprint density at radius 3 is 2.33 bits per heavy atom. The summed E-state index contributed by atoms with van der Waals surface area (Å²) in [4.78, 5) is 40.7. The van der Waals surface area contributed by atoms with Gasteiger partial charge in [0.25, 0.3) is 0 Å². The first-order chi connectivity index (χ1) is 15.7. The number of carbonyl (C=O) groups is 3. The summed E-state index contributed by atoms with van der Waals surface area (Å²) in [5.41, 5.74) is 0.804. The summed E-state index contributed by atoms with van der Waals surface area (Å²) in [5.74, 6) is -0.359. The van der Waals surface area contributed by atoms with Crippen LogP contribution in [0.2, 0.25) is 0 Å². The van der Waals surface area contributed by atoms with Crippen LogP contribution in [-0.4, -0.2) is 41.3 Å². The molecular formula is C24H32N4O5. The SMILES string of the molecule is CC(C)(C)OC(=O)N[C@@H](CCCCNC(=O)OCc1ccccc1)C(=O)Nc1ccncc1. The Hall–Kier alpha value is -3.62. The van der Waals surface area contributed by atoms with Gasteiger partial charge in [-0.25, -0.2) is 9.59 Å². The van der Waals surface area contributed by atoms with E-state index in [9.17, 15) is 14.4 Å². The van der Waals surface area contributed by atoms with E-state index in [-0.39, 0.29) is 12.5 Å². The van der Waals surface area contributed by atoms with E-state index < -0.39 is 23.8 Å². The number of pyridine rings is 1. The van der Waals surface area contributed by atoms with Gasteiger partial charge < -0.3 is 25.4 Å². The number of carbonyl (C=O) groups excluding carboxylic acids is 3. The molecule has 0 aliphatic heterocycles. The molecule has 9 heteroatoms. The Bertz CT molecular complexity index is 885. The zero-order valence-electron chi connectivity index (χ0n) is 19.3. The van der Waals surface area contributed by atoms with Gasteiger partial charge >= 0.3 is 12.2 Å². The molecule has 3 amide bonds. The van der Waals surface area contributed by atoms with Crippen molar-refractivity contribution in [1.29, 1.82) is 0 Å². The maximum Gasteiger partial charge on any atom is 0.408 e. The first-order valence-corrected chi connectivity index (χ1v) is 10.9. The zero-order valence-corrected chi connectivity index (χ0v) is 19.3. The Labute approximate surface area is 194 Å². The number of hydrogen-bond acceptors (Lipinski definition) is 6. The average molecular weight is 457 g/mol. The third-order valence-electron chi connectivity index (χ3n) is 4.36. The summed E-state index contributed by atoms with van der Waals surface area (Å²) in [6.07, 6.45) is 3.52. The summed E-state index contributed by atoms with van der Waals surface area (Å²) in [6.45, 7) is 5.84. The van der Waals surface area contributed by atoms with Gasteiger partial charge in [0, 0.05) is 24.6 Å². The van der Waals surface area contributed by atoms with Crippen LogP contribution in [0.3, 0.4) is 0 Å². The lowest BCUT2D eigenvalue weighted by Gasteiger charge is -2.23. The van der Waals surface area contributed by atoms with Gasteiger partial charge in [-0.2, -0.15) is 0 Å². The molecule has 2 rings (SSSR count). The van der Waals surface area contributed by atoms with Crippen LogP contribution in [-0.2, 0) is 20.9 Å². The Morgan fingerprint density at radius 1 is 0.970 bits per heavy atom. The van der Waals surface area contributed by atoms with E-state index in [0.29, 0.717) is 31.5 Å². The van der Waals surface area contributed by atoms with E-state index in [2.05, 4.69) is 20.9 Å². The second-order valence-electron chi connectivity index (χ2n) is 8.41. The molecule has 1 aromatic heterocycles. The Morgan fingerprint density at radius 2 is 1.67 bits per heavy atom. The monoisotopic (exact) mass is 456 g/mol. The van der Waals surface area contributed by atoms with Crippen LogP contribution in [0.5, 0.6) is 0 Å². The van der Waals surface area contributed by atoms with Crippen molar-refractivity contribution in [3.05, 3.63) is 60.4 Å². The molecule has 178 valence electrons. The van der Waals surface area contributed by atoms with Gasteiger partial charge in [0.2, 0.25) is 5.91 Å². The van der Waals surface area contributed by atoms with Crippen LogP contribution in [0.25, 0.3) is 0 Å². The summed E-state index contributed by atoms with van der Waals surface area (Å²) >= 11 is 0. The molecule has 1 heterocycles. The minimum absolute atomic E-state index is 0.198. The lowest BCUT2D eigenvalue weighted by atomic mass is 10.1. The highest BCUT2D eigenvalue weighted by Gasteiger charge is 2.24. The number of alkyl carbamates (subject to hydrolysis) is 2. The highest BCUT2D eigenvalue weighted by atomic mass is 16.6. The fraction of sp³-hybridized carbons (Fsp3) is 0.417. The largest absolute Gasteiger partial charge is 0.445 e. The minimum Gasteiger partial charge on any atom is -0.445 e. The molecule has 1 atom stereocenters. The molecular weight excluding hydrogens is 424 g/mol. The number of aromatic nitrogens is 1. The van der Waals surface area contributed by atoms with Crippen LogP contribution in [0.4, 0.5) is 15.3 Å². The number of rotatable bonds is 10. The molecule has 33 heavy (non-hydrogen) atoms. The summed E-state index contributed by atoms with van der Waals surface area (Å²) in [7, 11) is 0. The maximum atomic E-state index is 12.7.